The summed E-state index contributed by atoms with van der Waals surface area (Å²) in [7, 11) is 1.71. The summed E-state index contributed by atoms with van der Waals surface area (Å²) in [5, 5.41) is 4.95. The highest BCUT2D eigenvalue weighted by Gasteiger charge is 2.12. The molecule has 13 heavy (non-hydrogen) atoms. The summed E-state index contributed by atoms with van der Waals surface area (Å²) in [5.74, 6) is -0.448. The predicted molar refractivity (Wildman–Crippen MR) is 49.2 cm³/mol. The highest BCUT2D eigenvalue weighted by molar-refractivity contribution is 6.04. The molecule has 2 rings (SSSR count). The first-order valence-corrected chi connectivity index (χ1v) is 3.91. The largest absolute Gasteiger partial charge is 0.364 e. The molecule has 0 radical (unpaired) electrons. The molecule has 4 nitrogen and oxygen atoms in total. The van der Waals surface area contributed by atoms with E-state index in [1.807, 2.05) is 24.3 Å². The monoisotopic (exact) mass is 175 g/mol. The molecule has 0 saturated carbocycles. The van der Waals surface area contributed by atoms with E-state index in [0.717, 1.165) is 10.9 Å². The maximum absolute atomic E-state index is 11.1. The topological polar surface area (TPSA) is 60.9 Å². The Morgan fingerprint density at radius 2 is 2.15 bits per heavy atom. The lowest BCUT2D eigenvalue weighted by Crippen LogP contribution is -2.15. The number of carbonyl (C=O) groups is 1. The predicted octanol–water partition coefficient (Wildman–Crippen LogP) is 0.672. The first-order valence-electron chi connectivity index (χ1n) is 3.91. The van der Waals surface area contributed by atoms with Gasteiger partial charge in [-0.05, 0) is 6.07 Å². The summed E-state index contributed by atoms with van der Waals surface area (Å²) in [5.41, 5.74) is 6.47. The third kappa shape index (κ3) is 1.07. The Bertz CT molecular complexity index is 473. The first-order chi connectivity index (χ1) is 6.20. The SMILES string of the molecule is Cn1nc2ccccc2c1C(N)=O. The van der Waals surface area contributed by atoms with Gasteiger partial charge in [0.25, 0.3) is 5.91 Å². The lowest BCUT2D eigenvalue weighted by Gasteiger charge is -1.94. The van der Waals surface area contributed by atoms with Crippen LogP contribution < -0.4 is 5.73 Å². The molecule has 1 aromatic carbocycles. The fourth-order valence-corrected chi connectivity index (χ4v) is 1.44. The van der Waals surface area contributed by atoms with Crippen molar-refractivity contribution in [1.29, 1.82) is 0 Å². The van der Waals surface area contributed by atoms with Crippen LogP contribution in [0.4, 0.5) is 0 Å². The molecule has 1 heterocycles. The van der Waals surface area contributed by atoms with Gasteiger partial charge in [0.1, 0.15) is 5.69 Å². The number of aromatic nitrogens is 2. The summed E-state index contributed by atoms with van der Waals surface area (Å²) in [4.78, 5) is 11.1. The zero-order chi connectivity index (χ0) is 9.42. The molecular formula is C9H9N3O. The third-order valence-electron chi connectivity index (χ3n) is 1.97. The first kappa shape index (κ1) is 7.79. The molecule has 0 fully saturated rings. The van der Waals surface area contributed by atoms with E-state index in [4.69, 9.17) is 5.73 Å². The summed E-state index contributed by atoms with van der Waals surface area (Å²) < 4.78 is 1.51. The van der Waals surface area contributed by atoms with E-state index in [0.29, 0.717) is 5.69 Å². The number of benzene rings is 1. The average Bonchev–Trinajstić information content (AvgIpc) is 2.39. The Kier molecular flexibility index (Phi) is 1.55. The number of carbonyl (C=O) groups excluding carboxylic acids is 1. The minimum atomic E-state index is -0.448. The minimum absolute atomic E-state index is 0.448. The van der Waals surface area contributed by atoms with Gasteiger partial charge in [0.2, 0.25) is 0 Å². The van der Waals surface area contributed by atoms with Gasteiger partial charge in [0, 0.05) is 12.4 Å². The Balaban J connectivity index is 2.86. The number of nitrogens with zero attached hydrogens (tertiary/aromatic N) is 2. The molecule has 0 aliphatic heterocycles. The summed E-state index contributed by atoms with van der Waals surface area (Å²) in [6, 6.07) is 7.42. The molecule has 0 aliphatic rings. The van der Waals surface area contributed by atoms with Gasteiger partial charge >= 0.3 is 0 Å². The van der Waals surface area contributed by atoms with Crippen LogP contribution >= 0.6 is 0 Å². The molecule has 1 amide bonds. The Morgan fingerprint density at radius 1 is 1.46 bits per heavy atom. The van der Waals surface area contributed by atoms with Crippen LogP contribution in [0.15, 0.2) is 24.3 Å². The number of hydrogen-bond donors (Lipinski definition) is 1. The van der Waals surface area contributed by atoms with E-state index in [2.05, 4.69) is 5.10 Å². The van der Waals surface area contributed by atoms with Crippen LogP contribution in [-0.2, 0) is 7.05 Å². The second kappa shape index (κ2) is 2.58. The maximum Gasteiger partial charge on any atom is 0.267 e. The van der Waals surface area contributed by atoms with E-state index in [-0.39, 0.29) is 0 Å². The highest BCUT2D eigenvalue weighted by Crippen LogP contribution is 2.16. The smallest absolute Gasteiger partial charge is 0.267 e. The second-order valence-corrected chi connectivity index (χ2v) is 2.85. The van der Waals surface area contributed by atoms with Crippen molar-refractivity contribution in [3.8, 4) is 0 Å². The van der Waals surface area contributed by atoms with E-state index >= 15 is 0 Å². The van der Waals surface area contributed by atoms with Crippen LogP contribution in [0.2, 0.25) is 0 Å². The number of amides is 1. The van der Waals surface area contributed by atoms with E-state index in [1.165, 1.54) is 4.68 Å². The van der Waals surface area contributed by atoms with Gasteiger partial charge in [-0.2, -0.15) is 5.10 Å². The third-order valence-corrected chi connectivity index (χ3v) is 1.97. The second-order valence-electron chi connectivity index (χ2n) is 2.85. The number of nitrogens with two attached hydrogens (primary N) is 1. The van der Waals surface area contributed by atoms with Crippen molar-refractivity contribution in [1.82, 2.24) is 9.78 Å². The maximum atomic E-state index is 11.1. The molecule has 4 heteroatoms. The fraction of sp³-hybridized carbons (Fsp3) is 0.111. The molecule has 0 spiro atoms. The molecule has 0 saturated heterocycles. The van der Waals surface area contributed by atoms with Crippen molar-refractivity contribution < 1.29 is 4.79 Å². The summed E-state index contributed by atoms with van der Waals surface area (Å²) in [6.45, 7) is 0. The number of fused-ring (bicyclic) bond motifs is 1. The Labute approximate surface area is 75.0 Å². The molecule has 0 aliphatic carbocycles. The number of aryl methyl sites for hydroxylation is 1. The van der Waals surface area contributed by atoms with Gasteiger partial charge in [0.05, 0.1) is 5.52 Å². The molecule has 0 unspecified atom stereocenters. The highest BCUT2D eigenvalue weighted by atomic mass is 16.1. The molecule has 0 bridgehead atoms. The molecule has 2 N–H and O–H groups in total. The van der Waals surface area contributed by atoms with Crippen molar-refractivity contribution in [3.63, 3.8) is 0 Å². The van der Waals surface area contributed by atoms with Gasteiger partial charge in [-0.15, -0.1) is 0 Å². The van der Waals surface area contributed by atoms with Gasteiger partial charge in [-0.3, -0.25) is 9.48 Å². The van der Waals surface area contributed by atoms with E-state index in [9.17, 15) is 4.79 Å². The van der Waals surface area contributed by atoms with Gasteiger partial charge < -0.3 is 5.73 Å². The fourth-order valence-electron chi connectivity index (χ4n) is 1.44. The lowest BCUT2D eigenvalue weighted by atomic mass is 10.2. The summed E-state index contributed by atoms with van der Waals surface area (Å²) >= 11 is 0. The van der Waals surface area contributed by atoms with E-state index in [1.54, 1.807) is 7.05 Å². The number of hydrogen-bond acceptors (Lipinski definition) is 2. The quantitative estimate of drug-likeness (QED) is 0.692. The molecule has 2 aromatic rings. The van der Waals surface area contributed by atoms with E-state index < -0.39 is 5.91 Å². The van der Waals surface area contributed by atoms with Crippen LogP contribution in [0.3, 0.4) is 0 Å². The molecule has 1 aromatic heterocycles. The molecule has 0 atom stereocenters. The normalized spacial score (nSPS) is 10.5. The number of primary amides is 1. The van der Waals surface area contributed by atoms with Crippen LogP contribution in [0.1, 0.15) is 10.5 Å². The molecular weight excluding hydrogens is 166 g/mol. The van der Waals surface area contributed by atoms with Gasteiger partial charge in [0.15, 0.2) is 0 Å². The Morgan fingerprint density at radius 3 is 2.85 bits per heavy atom. The van der Waals surface area contributed by atoms with Crippen LogP contribution in [0.5, 0.6) is 0 Å². The van der Waals surface area contributed by atoms with Crippen LogP contribution in [-0.4, -0.2) is 15.7 Å². The van der Waals surface area contributed by atoms with Crippen LogP contribution in [0, 0.1) is 0 Å². The van der Waals surface area contributed by atoms with Gasteiger partial charge in [-0.25, -0.2) is 0 Å². The average molecular weight is 175 g/mol. The van der Waals surface area contributed by atoms with Gasteiger partial charge in [-0.1, -0.05) is 18.2 Å². The summed E-state index contributed by atoms with van der Waals surface area (Å²) in [6.07, 6.45) is 0. The standard InChI is InChI=1S/C9H9N3O/c1-12-8(9(10)13)6-4-2-3-5-7(6)11-12/h2-5H,1H3,(H2,10,13). The molecule has 66 valence electrons. The van der Waals surface area contributed by atoms with Crippen molar-refractivity contribution >= 4 is 16.8 Å². The Hall–Kier alpha value is -1.84. The van der Waals surface area contributed by atoms with Crippen molar-refractivity contribution in [2.45, 2.75) is 0 Å². The zero-order valence-corrected chi connectivity index (χ0v) is 7.19. The van der Waals surface area contributed by atoms with Crippen molar-refractivity contribution in [3.05, 3.63) is 30.0 Å². The zero-order valence-electron chi connectivity index (χ0n) is 7.19. The minimum Gasteiger partial charge on any atom is -0.364 e. The van der Waals surface area contributed by atoms with Crippen LogP contribution in [0.25, 0.3) is 10.9 Å². The van der Waals surface area contributed by atoms with Crippen molar-refractivity contribution in [2.75, 3.05) is 0 Å². The number of rotatable bonds is 1. The van der Waals surface area contributed by atoms with Crippen molar-refractivity contribution in [2.24, 2.45) is 12.8 Å². The lowest BCUT2D eigenvalue weighted by molar-refractivity contribution is 0.0993.